The van der Waals surface area contributed by atoms with Crippen molar-refractivity contribution in [3.05, 3.63) is 72.6 Å². The van der Waals surface area contributed by atoms with Gasteiger partial charge in [-0.05, 0) is 29.8 Å². The highest BCUT2D eigenvalue weighted by Crippen LogP contribution is 2.19. The van der Waals surface area contributed by atoms with Crippen molar-refractivity contribution in [2.24, 2.45) is 0 Å². The van der Waals surface area contributed by atoms with Crippen LogP contribution in [0.2, 0.25) is 0 Å². The Labute approximate surface area is 124 Å². The molecule has 0 aliphatic heterocycles. The maximum Gasteiger partial charge on any atom is 0.212 e. The fourth-order valence-corrected chi connectivity index (χ4v) is 2.22. The van der Waals surface area contributed by atoms with Crippen LogP contribution in [0.5, 0.6) is 0 Å². The van der Waals surface area contributed by atoms with Gasteiger partial charge in [0.15, 0.2) is 0 Å². The molecule has 0 unspecified atom stereocenters. The van der Waals surface area contributed by atoms with E-state index >= 15 is 0 Å². The van der Waals surface area contributed by atoms with E-state index in [2.05, 4.69) is 22.4 Å². The molecule has 4 heteroatoms. The molecule has 0 saturated carbocycles. The summed E-state index contributed by atoms with van der Waals surface area (Å²) in [5.41, 5.74) is 3.20. The largest absolute Gasteiger partial charge is 0.380 e. The summed E-state index contributed by atoms with van der Waals surface area (Å²) in [5, 5.41) is 3.32. The van der Waals surface area contributed by atoms with Crippen LogP contribution in [0.25, 0.3) is 5.69 Å². The molecule has 106 valence electrons. The summed E-state index contributed by atoms with van der Waals surface area (Å²) in [5.74, 6) is 0.788. The monoisotopic (exact) mass is 279 g/mol. The van der Waals surface area contributed by atoms with Crippen LogP contribution in [0.15, 0.2) is 67.0 Å². The van der Waals surface area contributed by atoms with E-state index in [1.54, 1.807) is 13.3 Å². The molecular formula is C17H17N3O. The van der Waals surface area contributed by atoms with Gasteiger partial charge in [-0.15, -0.1) is 0 Å². The van der Waals surface area contributed by atoms with E-state index < -0.39 is 0 Å². The zero-order chi connectivity index (χ0) is 14.5. The number of nitrogens with zero attached hydrogens (tertiary/aromatic N) is 2. The first-order chi connectivity index (χ1) is 10.4. The number of methoxy groups -OCH3 is 1. The van der Waals surface area contributed by atoms with Gasteiger partial charge in [0.2, 0.25) is 5.95 Å². The smallest absolute Gasteiger partial charge is 0.212 e. The fraction of sp³-hybridized carbons (Fsp3) is 0.118. The van der Waals surface area contributed by atoms with Crippen molar-refractivity contribution < 1.29 is 4.74 Å². The van der Waals surface area contributed by atoms with Crippen LogP contribution in [0, 0.1) is 0 Å². The SMILES string of the molecule is COCc1cccc(-n2ccnc2Nc2ccccc2)c1. The van der Waals surface area contributed by atoms with E-state index in [0.717, 1.165) is 22.9 Å². The highest BCUT2D eigenvalue weighted by atomic mass is 16.5. The van der Waals surface area contributed by atoms with E-state index in [1.165, 1.54) is 0 Å². The number of rotatable bonds is 5. The van der Waals surface area contributed by atoms with Gasteiger partial charge in [-0.3, -0.25) is 4.57 Å². The standard InChI is InChI=1S/C17H17N3O/c1-21-13-14-6-5-9-16(12-14)20-11-10-18-17(20)19-15-7-3-2-4-8-15/h2-12H,13H2,1H3,(H,18,19). The number of hydrogen-bond donors (Lipinski definition) is 1. The maximum atomic E-state index is 5.19. The minimum absolute atomic E-state index is 0.601. The molecule has 0 aliphatic carbocycles. The fourth-order valence-electron chi connectivity index (χ4n) is 2.22. The molecule has 0 aliphatic rings. The minimum Gasteiger partial charge on any atom is -0.380 e. The first kappa shape index (κ1) is 13.4. The van der Waals surface area contributed by atoms with Gasteiger partial charge in [0.05, 0.1) is 6.61 Å². The second kappa shape index (κ2) is 6.24. The number of anilines is 2. The predicted octanol–water partition coefficient (Wildman–Crippen LogP) is 3.76. The number of ether oxygens (including phenoxy) is 1. The van der Waals surface area contributed by atoms with Crippen LogP contribution in [0.3, 0.4) is 0 Å². The van der Waals surface area contributed by atoms with Gasteiger partial charge < -0.3 is 10.1 Å². The molecule has 0 saturated heterocycles. The minimum atomic E-state index is 0.601. The molecule has 0 spiro atoms. The summed E-state index contributed by atoms with van der Waals surface area (Å²) < 4.78 is 7.21. The molecule has 1 heterocycles. The highest BCUT2D eigenvalue weighted by molar-refractivity contribution is 5.56. The number of imidazole rings is 1. The predicted molar refractivity (Wildman–Crippen MR) is 84.0 cm³/mol. The van der Waals surface area contributed by atoms with E-state index in [4.69, 9.17) is 4.74 Å². The van der Waals surface area contributed by atoms with Crippen LogP contribution in [0.4, 0.5) is 11.6 Å². The van der Waals surface area contributed by atoms with Gasteiger partial charge in [-0.1, -0.05) is 30.3 Å². The summed E-state index contributed by atoms with van der Waals surface area (Å²) in [7, 11) is 1.70. The molecule has 1 aromatic heterocycles. The molecular weight excluding hydrogens is 262 g/mol. The number of hydrogen-bond acceptors (Lipinski definition) is 3. The Morgan fingerprint density at radius 2 is 1.95 bits per heavy atom. The number of para-hydroxylation sites is 1. The molecule has 0 amide bonds. The molecule has 3 aromatic rings. The van der Waals surface area contributed by atoms with Crippen molar-refractivity contribution in [1.29, 1.82) is 0 Å². The molecule has 0 fully saturated rings. The Balaban J connectivity index is 1.90. The molecule has 0 radical (unpaired) electrons. The van der Waals surface area contributed by atoms with Crippen molar-refractivity contribution in [2.45, 2.75) is 6.61 Å². The van der Waals surface area contributed by atoms with Gasteiger partial charge in [-0.25, -0.2) is 4.98 Å². The first-order valence-electron chi connectivity index (χ1n) is 6.80. The molecule has 0 atom stereocenters. The van der Waals surface area contributed by atoms with Gasteiger partial charge in [-0.2, -0.15) is 0 Å². The summed E-state index contributed by atoms with van der Waals surface area (Å²) in [4.78, 5) is 4.38. The normalized spacial score (nSPS) is 10.5. The lowest BCUT2D eigenvalue weighted by molar-refractivity contribution is 0.185. The lowest BCUT2D eigenvalue weighted by Crippen LogP contribution is -2.01. The van der Waals surface area contributed by atoms with Gasteiger partial charge in [0, 0.05) is 30.9 Å². The molecule has 1 N–H and O–H groups in total. The van der Waals surface area contributed by atoms with Gasteiger partial charge in [0.1, 0.15) is 0 Å². The molecule has 21 heavy (non-hydrogen) atoms. The van der Waals surface area contributed by atoms with Crippen LogP contribution >= 0.6 is 0 Å². The quantitative estimate of drug-likeness (QED) is 0.773. The zero-order valence-electron chi connectivity index (χ0n) is 11.9. The third kappa shape index (κ3) is 3.12. The van der Waals surface area contributed by atoms with Gasteiger partial charge in [0.25, 0.3) is 0 Å². The van der Waals surface area contributed by atoms with Crippen molar-refractivity contribution in [1.82, 2.24) is 9.55 Å². The van der Waals surface area contributed by atoms with Crippen molar-refractivity contribution in [3.8, 4) is 5.69 Å². The molecule has 4 nitrogen and oxygen atoms in total. The number of benzene rings is 2. The molecule has 2 aromatic carbocycles. The summed E-state index contributed by atoms with van der Waals surface area (Å²) >= 11 is 0. The van der Waals surface area contributed by atoms with Crippen LogP contribution in [-0.4, -0.2) is 16.7 Å². The second-order valence-electron chi connectivity index (χ2n) is 4.71. The third-order valence-electron chi connectivity index (χ3n) is 3.17. The van der Waals surface area contributed by atoms with Crippen molar-refractivity contribution >= 4 is 11.6 Å². The average molecular weight is 279 g/mol. The van der Waals surface area contributed by atoms with Crippen molar-refractivity contribution in [2.75, 3.05) is 12.4 Å². The van der Waals surface area contributed by atoms with Gasteiger partial charge >= 0.3 is 0 Å². The Hall–Kier alpha value is -2.59. The first-order valence-corrected chi connectivity index (χ1v) is 6.80. The Morgan fingerprint density at radius 3 is 2.76 bits per heavy atom. The summed E-state index contributed by atoms with van der Waals surface area (Å²) in [6.45, 7) is 0.601. The average Bonchev–Trinajstić information content (AvgIpc) is 2.97. The molecule has 0 bridgehead atoms. The van der Waals surface area contributed by atoms with E-state index in [0.29, 0.717) is 6.61 Å². The summed E-state index contributed by atoms with van der Waals surface area (Å²) in [6, 6.07) is 18.2. The Kier molecular flexibility index (Phi) is 3.98. The van der Waals surface area contributed by atoms with Crippen LogP contribution in [-0.2, 0) is 11.3 Å². The number of aromatic nitrogens is 2. The lowest BCUT2D eigenvalue weighted by atomic mass is 10.2. The van der Waals surface area contributed by atoms with E-state index in [9.17, 15) is 0 Å². The third-order valence-corrected chi connectivity index (χ3v) is 3.17. The lowest BCUT2D eigenvalue weighted by Gasteiger charge is -2.11. The van der Waals surface area contributed by atoms with Crippen molar-refractivity contribution in [3.63, 3.8) is 0 Å². The Morgan fingerprint density at radius 1 is 1.10 bits per heavy atom. The van der Waals surface area contributed by atoms with E-state index in [-0.39, 0.29) is 0 Å². The van der Waals surface area contributed by atoms with E-state index in [1.807, 2.05) is 53.2 Å². The highest BCUT2D eigenvalue weighted by Gasteiger charge is 2.05. The number of nitrogens with one attached hydrogen (secondary N) is 1. The zero-order valence-corrected chi connectivity index (χ0v) is 11.9. The Bertz CT molecular complexity index is 707. The second-order valence-corrected chi connectivity index (χ2v) is 4.71. The summed E-state index contributed by atoms with van der Waals surface area (Å²) in [6.07, 6.45) is 3.73. The maximum absolute atomic E-state index is 5.19. The van der Waals surface area contributed by atoms with Crippen LogP contribution < -0.4 is 5.32 Å². The molecule has 3 rings (SSSR count). The van der Waals surface area contributed by atoms with Crippen LogP contribution in [0.1, 0.15) is 5.56 Å². The topological polar surface area (TPSA) is 39.1 Å².